The molecule has 0 bridgehead atoms. The molecule has 8 nitrogen and oxygen atoms in total. The Hall–Kier alpha value is -2.52. The summed E-state index contributed by atoms with van der Waals surface area (Å²) in [5, 5.41) is 0. The van der Waals surface area contributed by atoms with Gasteiger partial charge in [0.05, 0.1) is 44.2 Å². The highest BCUT2D eigenvalue weighted by atomic mass is 32.2. The van der Waals surface area contributed by atoms with Crippen molar-refractivity contribution >= 4 is 21.5 Å². The quantitative estimate of drug-likeness (QED) is 0.817. The van der Waals surface area contributed by atoms with Crippen molar-refractivity contribution in [3.05, 3.63) is 36.5 Å². The molecular weight excluding hydrogens is 358 g/mol. The van der Waals surface area contributed by atoms with E-state index in [0.29, 0.717) is 30.4 Å². The second-order valence-electron chi connectivity index (χ2n) is 5.63. The van der Waals surface area contributed by atoms with E-state index in [4.69, 9.17) is 14.2 Å². The summed E-state index contributed by atoms with van der Waals surface area (Å²) in [6.45, 7) is 2.86. The maximum atomic E-state index is 12.6. The monoisotopic (exact) mass is 379 g/mol. The Labute approximate surface area is 152 Å². The van der Waals surface area contributed by atoms with Gasteiger partial charge in [-0.1, -0.05) is 0 Å². The average Bonchev–Trinajstić information content (AvgIpc) is 2.68. The molecule has 140 valence electrons. The molecule has 1 aliphatic heterocycles. The lowest BCUT2D eigenvalue weighted by Gasteiger charge is -2.27. The molecule has 0 radical (unpaired) electrons. The number of rotatable bonds is 6. The van der Waals surface area contributed by atoms with Gasteiger partial charge in [0.25, 0.3) is 10.0 Å². The van der Waals surface area contributed by atoms with E-state index in [0.717, 1.165) is 18.9 Å². The van der Waals surface area contributed by atoms with Gasteiger partial charge in [0.2, 0.25) is 0 Å². The first-order valence-electron chi connectivity index (χ1n) is 8.07. The number of benzene rings is 1. The number of hydrogen-bond donors (Lipinski definition) is 1. The van der Waals surface area contributed by atoms with E-state index < -0.39 is 10.0 Å². The molecular formula is C17H21N3O5S. The average molecular weight is 379 g/mol. The van der Waals surface area contributed by atoms with E-state index in [1.807, 2.05) is 0 Å². The molecule has 3 rings (SSSR count). The van der Waals surface area contributed by atoms with Gasteiger partial charge >= 0.3 is 0 Å². The van der Waals surface area contributed by atoms with E-state index in [2.05, 4.69) is 14.6 Å². The van der Waals surface area contributed by atoms with Crippen molar-refractivity contribution in [3.8, 4) is 11.5 Å². The Bertz CT molecular complexity index is 849. The van der Waals surface area contributed by atoms with Crippen LogP contribution in [0.15, 0.2) is 41.4 Å². The Balaban J connectivity index is 1.76. The van der Waals surface area contributed by atoms with E-state index in [9.17, 15) is 8.42 Å². The number of hydrogen-bond acceptors (Lipinski definition) is 7. The fourth-order valence-corrected chi connectivity index (χ4v) is 3.68. The number of anilines is 2. The van der Waals surface area contributed by atoms with Crippen LogP contribution in [0, 0.1) is 0 Å². The molecule has 1 aliphatic rings. The highest BCUT2D eigenvalue weighted by Crippen LogP contribution is 2.30. The predicted octanol–water partition coefficient (Wildman–Crippen LogP) is 1.74. The number of ether oxygens (including phenoxy) is 3. The van der Waals surface area contributed by atoms with Crippen LogP contribution in [0.4, 0.5) is 11.5 Å². The predicted molar refractivity (Wildman–Crippen MR) is 97.6 cm³/mol. The first kappa shape index (κ1) is 18.3. The fourth-order valence-electron chi connectivity index (χ4n) is 2.62. The number of nitrogens with one attached hydrogen (secondary N) is 1. The van der Waals surface area contributed by atoms with Gasteiger partial charge in [-0.25, -0.2) is 13.4 Å². The molecule has 0 amide bonds. The second kappa shape index (κ2) is 7.79. The topological polar surface area (TPSA) is 90.0 Å². The zero-order valence-corrected chi connectivity index (χ0v) is 15.5. The molecule has 9 heteroatoms. The maximum absolute atomic E-state index is 12.6. The maximum Gasteiger partial charge on any atom is 0.262 e. The zero-order chi connectivity index (χ0) is 18.6. The molecule has 0 atom stereocenters. The van der Waals surface area contributed by atoms with Gasteiger partial charge in [-0.3, -0.25) is 4.72 Å². The molecule has 1 fully saturated rings. The van der Waals surface area contributed by atoms with Crippen LogP contribution in [0.25, 0.3) is 0 Å². The summed E-state index contributed by atoms with van der Waals surface area (Å²) in [5.41, 5.74) is 0.386. The summed E-state index contributed by atoms with van der Waals surface area (Å²) in [5.74, 6) is 1.60. The molecule has 1 saturated heterocycles. The van der Waals surface area contributed by atoms with Crippen LogP contribution in [0.3, 0.4) is 0 Å². The molecule has 1 aromatic carbocycles. The molecule has 0 aliphatic carbocycles. The fraction of sp³-hybridized carbons (Fsp3) is 0.353. The van der Waals surface area contributed by atoms with Crippen molar-refractivity contribution < 1.29 is 22.6 Å². The highest BCUT2D eigenvalue weighted by molar-refractivity contribution is 7.92. The lowest BCUT2D eigenvalue weighted by atomic mass is 10.3. The van der Waals surface area contributed by atoms with Crippen LogP contribution in [0.5, 0.6) is 11.5 Å². The van der Waals surface area contributed by atoms with Crippen LogP contribution in [0.1, 0.15) is 0 Å². The lowest BCUT2D eigenvalue weighted by Crippen LogP contribution is -2.36. The number of methoxy groups -OCH3 is 2. The van der Waals surface area contributed by atoms with Gasteiger partial charge in [0, 0.05) is 19.2 Å². The number of aromatic nitrogens is 1. The van der Waals surface area contributed by atoms with Crippen molar-refractivity contribution in [2.75, 3.05) is 50.1 Å². The van der Waals surface area contributed by atoms with Crippen molar-refractivity contribution in [1.29, 1.82) is 0 Å². The molecule has 1 N–H and O–H groups in total. The van der Waals surface area contributed by atoms with E-state index in [1.165, 1.54) is 32.5 Å². The van der Waals surface area contributed by atoms with Gasteiger partial charge in [-0.05, 0) is 24.3 Å². The Morgan fingerprint density at radius 2 is 1.81 bits per heavy atom. The van der Waals surface area contributed by atoms with Crippen LogP contribution in [-0.2, 0) is 14.8 Å². The van der Waals surface area contributed by atoms with Crippen LogP contribution >= 0.6 is 0 Å². The summed E-state index contributed by atoms with van der Waals surface area (Å²) >= 11 is 0. The molecule has 0 unspecified atom stereocenters. The third-order valence-corrected chi connectivity index (χ3v) is 5.38. The van der Waals surface area contributed by atoms with Crippen molar-refractivity contribution in [3.63, 3.8) is 0 Å². The summed E-state index contributed by atoms with van der Waals surface area (Å²) in [4.78, 5) is 6.51. The smallest absolute Gasteiger partial charge is 0.262 e. The second-order valence-corrected chi connectivity index (χ2v) is 7.31. The third-order valence-electron chi connectivity index (χ3n) is 4.00. The lowest BCUT2D eigenvalue weighted by molar-refractivity contribution is 0.122. The van der Waals surface area contributed by atoms with Crippen molar-refractivity contribution in [2.45, 2.75) is 4.90 Å². The number of pyridine rings is 1. The number of morpholine rings is 1. The summed E-state index contributed by atoms with van der Waals surface area (Å²) in [7, 11) is -0.821. The Morgan fingerprint density at radius 3 is 2.42 bits per heavy atom. The Morgan fingerprint density at radius 1 is 1.08 bits per heavy atom. The molecule has 1 aromatic heterocycles. The SMILES string of the molecule is COc1ccc(S(=O)(=O)Nc2ccc(N3CCOCC3)nc2)cc1OC. The minimum Gasteiger partial charge on any atom is -0.493 e. The first-order chi connectivity index (χ1) is 12.5. The molecule has 26 heavy (non-hydrogen) atoms. The normalized spacial score (nSPS) is 14.8. The van der Waals surface area contributed by atoms with E-state index >= 15 is 0 Å². The third kappa shape index (κ3) is 4.00. The summed E-state index contributed by atoms with van der Waals surface area (Å²) < 4.78 is 43.3. The summed E-state index contributed by atoms with van der Waals surface area (Å²) in [6.07, 6.45) is 1.50. The van der Waals surface area contributed by atoms with Gasteiger partial charge in [-0.15, -0.1) is 0 Å². The number of nitrogens with zero attached hydrogens (tertiary/aromatic N) is 2. The van der Waals surface area contributed by atoms with E-state index in [1.54, 1.807) is 18.2 Å². The molecule has 0 spiro atoms. The first-order valence-corrected chi connectivity index (χ1v) is 9.55. The van der Waals surface area contributed by atoms with Gasteiger partial charge in [-0.2, -0.15) is 0 Å². The minimum absolute atomic E-state index is 0.0763. The highest BCUT2D eigenvalue weighted by Gasteiger charge is 2.18. The van der Waals surface area contributed by atoms with Crippen LogP contribution < -0.4 is 19.1 Å². The van der Waals surface area contributed by atoms with Gasteiger partial charge in [0.15, 0.2) is 11.5 Å². The van der Waals surface area contributed by atoms with Crippen LogP contribution in [0.2, 0.25) is 0 Å². The Kier molecular flexibility index (Phi) is 5.48. The summed E-state index contributed by atoms with van der Waals surface area (Å²) in [6, 6.07) is 7.90. The van der Waals surface area contributed by atoms with E-state index in [-0.39, 0.29) is 4.90 Å². The zero-order valence-electron chi connectivity index (χ0n) is 14.6. The largest absolute Gasteiger partial charge is 0.493 e. The standard InChI is InChI=1S/C17H21N3O5S/c1-23-15-5-4-14(11-16(15)24-2)26(21,22)19-13-3-6-17(18-12-13)20-7-9-25-10-8-20/h3-6,11-12,19H,7-10H2,1-2H3. The molecule has 0 saturated carbocycles. The number of sulfonamides is 1. The van der Waals surface area contributed by atoms with Gasteiger partial charge in [0.1, 0.15) is 5.82 Å². The minimum atomic E-state index is -3.77. The van der Waals surface area contributed by atoms with Gasteiger partial charge < -0.3 is 19.1 Å². The van der Waals surface area contributed by atoms with Crippen molar-refractivity contribution in [2.24, 2.45) is 0 Å². The molecule has 2 heterocycles. The van der Waals surface area contributed by atoms with Crippen LogP contribution in [-0.4, -0.2) is 53.9 Å². The van der Waals surface area contributed by atoms with Crippen molar-refractivity contribution in [1.82, 2.24) is 4.98 Å². The molecule has 2 aromatic rings.